The molecule has 172 valence electrons. The fourth-order valence-electron chi connectivity index (χ4n) is 3.57. The van der Waals surface area contributed by atoms with Gasteiger partial charge in [0.05, 0.1) is 27.9 Å². The standard InChI is InChI=1S/C25H21FN4O3S/c1-15-8-7-9-16(2)22(15)30-24(33)18-11-4-6-13-20(18)27-25(30)34-14-21(31)28-29-23(32)17-10-3-5-12-19(17)26/h3-13H,14H2,1-2H3,(H,28,31)(H,29,32). The van der Waals surface area contributed by atoms with E-state index in [1.807, 2.05) is 32.0 Å². The summed E-state index contributed by atoms with van der Waals surface area (Å²) in [6.45, 7) is 3.81. The van der Waals surface area contributed by atoms with Gasteiger partial charge in [-0.15, -0.1) is 0 Å². The van der Waals surface area contributed by atoms with Gasteiger partial charge in [-0.2, -0.15) is 0 Å². The van der Waals surface area contributed by atoms with Gasteiger partial charge >= 0.3 is 0 Å². The lowest BCUT2D eigenvalue weighted by Gasteiger charge is -2.17. The summed E-state index contributed by atoms with van der Waals surface area (Å²) in [5.74, 6) is -2.13. The first kappa shape index (κ1) is 23.2. The van der Waals surface area contributed by atoms with Gasteiger partial charge in [0.25, 0.3) is 11.5 Å². The van der Waals surface area contributed by atoms with Gasteiger partial charge < -0.3 is 0 Å². The van der Waals surface area contributed by atoms with E-state index >= 15 is 0 Å². The summed E-state index contributed by atoms with van der Waals surface area (Å²) < 4.78 is 15.3. The summed E-state index contributed by atoms with van der Waals surface area (Å²) in [6.07, 6.45) is 0. The molecule has 1 heterocycles. The lowest BCUT2D eigenvalue weighted by atomic mass is 10.1. The van der Waals surface area contributed by atoms with Crippen molar-refractivity contribution < 1.29 is 14.0 Å². The fourth-order valence-corrected chi connectivity index (χ4v) is 4.37. The molecular formula is C25H21FN4O3S. The number of aryl methyl sites for hydroxylation is 2. The van der Waals surface area contributed by atoms with Gasteiger partial charge in [-0.05, 0) is 49.2 Å². The van der Waals surface area contributed by atoms with Crippen molar-refractivity contribution in [2.75, 3.05) is 5.75 Å². The number of hydrogen-bond donors (Lipinski definition) is 2. The molecule has 0 atom stereocenters. The number of hydrazine groups is 1. The monoisotopic (exact) mass is 476 g/mol. The SMILES string of the molecule is Cc1cccc(C)c1-n1c(SCC(=O)NNC(=O)c2ccccc2F)nc2ccccc2c1=O. The van der Waals surface area contributed by atoms with E-state index in [2.05, 4.69) is 15.8 Å². The minimum atomic E-state index is -0.771. The van der Waals surface area contributed by atoms with E-state index in [4.69, 9.17) is 0 Å². The third-order valence-electron chi connectivity index (χ3n) is 5.17. The zero-order valence-electron chi connectivity index (χ0n) is 18.5. The van der Waals surface area contributed by atoms with Crippen LogP contribution in [0.15, 0.2) is 76.7 Å². The molecule has 1 aromatic heterocycles. The molecular weight excluding hydrogens is 455 g/mol. The summed E-state index contributed by atoms with van der Waals surface area (Å²) in [5, 5.41) is 0.813. The van der Waals surface area contributed by atoms with E-state index in [0.717, 1.165) is 29.0 Å². The second-order valence-corrected chi connectivity index (χ2v) is 8.51. The van der Waals surface area contributed by atoms with Crippen LogP contribution in [-0.4, -0.2) is 27.1 Å². The van der Waals surface area contributed by atoms with Crippen LogP contribution >= 0.6 is 11.8 Å². The second-order valence-electron chi connectivity index (χ2n) is 7.56. The molecule has 9 heteroatoms. The van der Waals surface area contributed by atoms with Crippen molar-refractivity contribution >= 4 is 34.5 Å². The first-order valence-corrected chi connectivity index (χ1v) is 11.4. The number of thioether (sulfide) groups is 1. The Hall–Kier alpha value is -3.98. The van der Waals surface area contributed by atoms with Gasteiger partial charge in [0.15, 0.2) is 5.16 Å². The summed E-state index contributed by atoms with van der Waals surface area (Å²) in [5.41, 5.74) is 7.06. The van der Waals surface area contributed by atoms with Crippen LogP contribution in [0.2, 0.25) is 0 Å². The average Bonchev–Trinajstić information content (AvgIpc) is 2.83. The number of fused-ring (bicyclic) bond motifs is 1. The van der Waals surface area contributed by atoms with Crippen molar-refractivity contribution in [1.29, 1.82) is 0 Å². The number of nitrogens with one attached hydrogen (secondary N) is 2. The zero-order valence-corrected chi connectivity index (χ0v) is 19.3. The predicted molar refractivity (Wildman–Crippen MR) is 130 cm³/mol. The van der Waals surface area contributed by atoms with E-state index in [1.54, 1.807) is 24.3 Å². The molecule has 7 nitrogen and oxygen atoms in total. The van der Waals surface area contributed by atoms with Crippen LogP contribution in [-0.2, 0) is 4.79 Å². The number of carbonyl (C=O) groups is 2. The molecule has 4 aromatic rings. The number of nitrogens with zero attached hydrogens (tertiary/aromatic N) is 2. The molecule has 0 saturated carbocycles. The molecule has 0 radical (unpaired) electrons. The molecule has 0 spiro atoms. The topological polar surface area (TPSA) is 93.1 Å². The quantitative estimate of drug-likeness (QED) is 0.260. The van der Waals surface area contributed by atoms with E-state index in [1.165, 1.54) is 22.8 Å². The maximum Gasteiger partial charge on any atom is 0.272 e. The molecule has 0 aliphatic rings. The van der Waals surface area contributed by atoms with Gasteiger partial charge in [-0.25, -0.2) is 9.37 Å². The zero-order chi connectivity index (χ0) is 24.2. The fraction of sp³-hybridized carbons (Fsp3) is 0.120. The minimum Gasteiger partial charge on any atom is -0.272 e. The van der Waals surface area contributed by atoms with E-state index in [-0.39, 0.29) is 16.9 Å². The van der Waals surface area contributed by atoms with Crippen LogP contribution in [0.25, 0.3) is 16.6 Å². The Bertz CT molecular complexity index is 1450. The molecule has 4 rings (SSSR count). The molecule has 0 unspecified atom stereocenters. The summed E-state index contributed by atoms with van der Waals surface area (Å²) in [4.78, 5) is 42.6. The average molecular weight is 477 g/mol. The molecule has 34 heavy (non-hydrogen) atoms. The van der Waals surface area contributed by atoms with Crippen molar-refractivity contribution in [3.63, 3.8) is 0 Å². The maximum absolute atomic E-state index is 13.8. The molecule has 2 amide bonds. The van der Waals surface area contributed by atoms with Crippen LogP contribution in [0, 0.1) is 19.7 Å². The minimum absolute atomic E-state index is 0.132. The largest absolute Gasteiger partial charge is 0.272 e. The van der Waals surface area contributed by atoms with Crippen molar-refractivity contribution in [2.24, 2.45) is 0 Å². The first-order chi connectivity index (χ1) is 16.4. The Kier molecular flexibility index (Phi) is 6.74. The Morgan fingerprint density at radius 2 is 1.62 bits per heavy atom. The smallest absolute Gasteiger partial charge is 0.272 e. The molecule has 0 saturated heterocycles. The third-order valence-corrected chi connectivity index (χ3v) is 6.11. The number of rotatable bonds is 5. The second kappa shape index (κ2) is 9.88. The van der Waals surface area contributed by atoms with Crippen LogP contribution in [0.1, 0.15) is 21.5 Å². The summed E-state index contributed by atoms with van der Waals surface area (Å²) in [6, 6.07) is 18.2. The van der Waals surface area contributed by atoms with Crippen molar-refractivity contribution in [3.8, 4) is 5.69 Å². The number of para-hydroxylation sites is 2. The molecule has 0 fully saturated rings. The van der Waals surface area contributed by atoms with Crippen molar-refractivity contribution in [1.82, 2.24) is 20.4 Å². The van der Waals surface area contributed by atoms with E-state index < -0.39 is 17.6 Å². The number of amides is 2. The van der Waals surface area contributed by atoms with Gasteiger partial charge in [0.1, 0.15) is 5.82 Å². The highest BCUT2D eigenvalue weighted by Gasteiger charge is 2.18. The Morgan fingerprint density at radius 3 is 2.35 bits per heavy atom. The van der Waals surface area contributed by atoms with Crippen molar-refractivity contribution in [3.05, 3.63) is 99.6 Å². The van der Waals surface area contributed by atoms with Crippen LogP contribution in [0.4, 0.5) is 4.39 Å². The highest BCUT2D eigenvalue weighted by Crippen LogP contribution is 2.25. The van der Waals surface area contributed by atoms with Crippen molar-refractivity contribution in [2.45, 2.75) is 19.0 Å². The van der Waals surface area contributed by atoms with Crippen LogP contribution < -0.4 is 16.4 Å². The number of halogens is 1. The lowest BCUT2D eigenvalue weighted by Crippen LogP contribution is -2.42. The highest BCUT2D eigenvalue weighted by atomic mass is 32.2. The number of carbonyl (C=O) groups excluding carboxylic acids is 2. The van der Waals surface area contributed by atoms with Gasteiger partial charge in [-0.1, -0.05) is 54.2 Å². The number of hydrogen-bond acceptors (Lipinski definition) is 5. The summed E-state index contributed by atoms with van der Waals surface area (Å²) in [7, 11) is 0. The van der Waals surface area contributed by atoms with Gasteiger partial charge in [0.2, 0.25) is 5.91 Å². The molecule has 0 aliphatic heterocycles. The number of benzene rings is 3. The Morgan fingerprint density at radius 1 is 0.941 bits per heavy atom. The first-order valence-electron chi connectivity index (χ1n) is 10.4. The van der Waals surface area contributed by atoms with E-state index in [0.29, 0.717) is 21.7 Å². The lowest BCUT2D eigenvalue weighted by molar-refractivity contribution is -0.119. The Labute approximate surface area is 199 Å². The maximum atomic E-state index is 13.8. The van der Waals surface area contributed by atoms with Crippen LogP contribution in [0.3, 0.4) is 0 Å². The Balaban J connectivity index is 1.59. The predicted octanol–water partition coefficient (Wildman–Crippen LogP) is 3.69. The van der Waals surface area contributed by atoms with Gasteiger partial charge in [0, 0.05) is 0 Å². The molecule has 2 N–H and O–H groups in total. The molecule has 0 aliphatic carbocycles. The normalized spacial score (nSPS) is 10.8. The van der Waals surface area contributed by atoms with Gasteiger partial charge in [-0.3, -0.25) is 29.8 Å². The van der Waals surface area contributed by atoms with E-state index in [9.17, 15) is 18.8 Å². The van der Waals surface area contributed by atoms with Crippen LogP contribution in [0.5, 0.6) is 0 Å². The number of aromatic nitrogens is 2. The molecule has 0 bridgehead atoms. The summed E-state index contributed by atoms with van der Waals surface area (Å²) >= 11 is 1.06. The third kappa shape index (κ3) is 4.69. The molecule has 3 aromatic carbocycles. The highest BCUT2D eigenvalue weighted by molar-refractivity contribution is 7.99.